The smallest absolute Gasteiger partial charge is 0.303 e. The van der Waals surface area contributed by atoms with Crippen molar-refractivity contribution >= 4 is 11.9 Å². The number of aliphatic carboxylic acids is 1. The van der Waals surface area contributed by atoms with Gasteiger partial charge in [-0.2, -0.15) is 0 Å². The Kier molecular flexibility index (Phi) is 7.23. The van der Waals surface area contributed by atoms with E-state index in [1.807, 2.05) is 6.92 Å². The van der Waals surface area contributed by atoms with Crippen LogP contribution in [0.15, 0.2) is 11.6 Å². The highest BCUT2D eigenvalue weighted by atomic mass is 16.4. The number of carboxylic acid groups (broad SMARTS) is 1. The lowest BCUT2D eigenvalue weighted by atomic mass is 9.97. The van der Waals surface area contributed by atoms with Crippen LogP contribution in [-0.4, -0.2) is 23.5 Å². The first-order valence-electron chi connectivity index (χ1n) is 7.24. The molecule has 0 heterocycles. The second kappa shape index (κ2) is 8.73. The summed E-state index contributed by atoms with van der Waals surface area (Å²) in [6, 6.07) is 0. The molecule has 0 aromatic carbocycles. The molecule has 1 unspecified atom stereocenters. The summed E-state index contributed by atoms with van der Waals surface area (Å²) in [5.41, 5.74) is 1.27. The molecule has 1 aliphatic carbocycles. The van der Waals surface area contributed by atoms with Gasteiger partial charge in [-0.15, -0.1) is 0 Å². The molecular formula is C15H25NO3. The monoisotopic (exact) mass is 267 g/mol. The normalized spacial score (nSPS) is 16.6. The maximum atomic E-state index is 11.7. The van der Waals surface area contributed by atoms with Gasteiger partial charge in [-0.05, 0) is 44.4 Å². The van der Waals surface area contributed by atoms with Gasteiger partial charge in [0, 0.05) is 19.4 Å². The predicted molar refractivity (Wildman–Crippen MR) is 74.8 cm³/mol. The molecular weight excluding hydrogens is 242 g/mol. The Morgan fingerprint density at radius 3 is 2.79 bits per heavy atom. The van der Waals surface area contributed by atoms with E-state index in [4.69, 9.17) is 5.11 Å². The van der Waals surface area contributed by atoms with Gasteiger partial charge < -0.3 is 10.4 Å². The van der Waals surface area contributed by atoms with Crippen LogP contribution in [0.25, 0.3) is 0 Å². The van der Waals surface area contributed by atoms with Crippen molar-refractivity contribution in [2.45, 2.75) is 58.3 Å². The number of amides is 1. The third kappa shape index (κ3) is 7.65. The topological polar surface area (TPSA) is 66.4 Å². The number of hydrogen-bond acceptors (Lipinski definition) is 2. The fraction of sp³-hybridized carbons (Fsp3) is 0.733. The molecule has 1 amide bonds. The maximum absolute atomic E-state index is 11.7. The van der Waals surface area contributed by atoms with Crippen LogP contribution in [0.3, 0.4) is 0 Å². The van der Waals surface area contributed by atoms with E-state index in [-0.39, 0.29) is 12.3 Å². The summed E-state index contributed by atoms with van der Waals surface area (Å²) in [4.78, 5) is 22.1. The Morgan fingerprint density at radius 2 is 2.16 bits per heavy atom. The van der Waals surface area contributed by atoms with Crippen LogP contribution in [0, 0.1) is 5.92 Å². The summed E-state index contributed by atoms with van der Waals surface area (Å²) in [6.07, 6.45) is 9.06. The van der Waals surface area contributed by atoms with Crippen LogP contribution in [0.2, 0.25) is 0 Å². The number of allylic oxidation sites excluding steroid dienone is 1. The molecule has 1 atom stereocenters. The Morgan fingerprint density at radius 1 is 1.37 bits per heavy atom. The van der Waals surface area contributed by atoms with Gasteiger partial charge in [-0.25, -0.2) is 0 Å². The van der Waals surface area contributed by atoms with E-state index < -0.39 is 5.97 Å². The average molecular weight is 267 g/mol. The van der Waals surface area contributed by atoms with Crippen molar-refractivity contribution in [3.05, 3.63) is 11.6 Å². The lowest BCUT2D eigenvalue weighted by molar-refractivity contribution is -0.137. The van der Waals surface area contributed by atoms with E-state index in [2.05, 4.69) is 11.4 Å². The van der Waals surface area contributed by atoms with Gasteiger partial charge in [0.15, 0.2) is 0 Å². The summed E-state index contributed by atoms with van der Waals surface area (Å²) in [7, 11) is 0. The van der Waals surface area contributed by atoms with E-state index in [1.165, 1.54) is 18.4 Å². The molecule has 4 heteroatoms. The molecule has 0 aromatic heterocycles. The summed E-state index contributed by atoms with van der Waals surface area (Å²) < 4.78 is 0. The minimum atomic E-state index is -0.750. The predicted octanol–water partition coefficient (Wildman–Crippen LogP) is 2.88. The minimum Gasteiger partial charge on any atom is -0.481 e. The van der Waals surface area contributed by atoms with Crippen molar-refractivity contribution in [1.82, 2.24) is 5.32 Å². The number of carbonyl (C=O) groups excluding carboxylic acids is 1. The summed E-state index contributed by atoms with van der Waals surface area (Å²) in [5, 5.41) is 11.5. The third-order valence-electron chi connectivity index (χ3n) is 3.58. The van der Waals surface area contributed by atoms with Crippen LogP contribution in [-0.2, 0) is 9.59 Å². The van der Waals surface area contributed by atoms with Crippen molar-refractivity contribution in [3.63, 3.8) is 0 Å². The van der Waals surface area contributed by atoms with Gasteiger partial charge in [0.05, 0.1) is 0 Å². The summed E-state index contributed by atoms with van der Waals surface area (Å²) in [5.74, 6) is -0.316. The molecule has 2 N–H and O–H groups in total. The quantitative estimate of drug-likeness (QED) is 0.664. The molecule has 0 saturated heterocycles. The van der Waals surface area contributed by atoms with Gasteiger partial charge in [0.2, 0.25) is 5.91 Å². The fourth-order valence-electron chi connectivity index (χ4n) is 2.31. The van der Waals surface area contributed by atoms with E-state index in [0.29, 0.717) is 25.3 Å². The Balaban J connectivity index is 2.09. The molecule has 0 radical (unpaired) electrons. The zero-order valence-electron chi connectivity index (χ0n) is 11.8. The maximum Gasteiger partial charge on any atom is 0.303 e. The molecule has 1 aliphatic rings. The van der Waals surface area contributed by atoms with E-state index in [0.717, 1.165) is 19.3 Å². The second-order valence-electron chi connectivity index (χ2n) is 5.46. The molecule has 0 spiro atoms. The lowest BCUT2D eigenvalue weighted by Gasteiger charge is -2.14. The molecule has 108 valence electrons. The molecule has 0 aliphatic heterocycles. The van der Waals surface area contributed by atoms with E-state index >= 15 is 0 Å². The molecule has 0 bridgehead atoms. The molecule has 0 fully saturated rings. The van der Waals surface area contributed by atoms with Crippen molar-refractivity contribution in [1.29, 1.82) is 0 Å². The van der Waals surface area contributed by atoms with Gasteiger partial charge in [-0.3, -0.25) is 9.59 Å². The van der Waals surface area contributed by atoms with Gasteiger partial charge in [0.1, 0.15) is 0 Å². The van der Waals surface area contributed by atoms with Crippen LogP contribution in [0.1, 0.15) is 58.3 Å². The molecule has 4 nitrogen and oxygen atoms in total. The molecule has 0 saturated carbocycles. The SMILES string of the molecule is CC(CCNC(=O)CC1=CCCCC1)CCC(=O)O. The summed E-state index contributed by atoms with van der Waals surface area (Å²) in [6.45, 7) is 2.67. The van der Waals surface area contributed by atoms with Gasteiger partial charge >= 0.3 is 5.97 Å². The second-order valence-corrected chi connectivity index (χ2v) is 5.46. The number of hydrogen-bond donors (Lipinski definition) is 2. The van der Waals surface area contributed by atoms with Gasteiger partial charge in [-0.1, -0.05) is 18.6 Å². The number of carbonyl (C=O) groups is 2. The van der Waals surface area contributed by atoms with Crippen molar-refractivity contribution in [3.8, 4) is 0 Å². The Bertz CT molecular complexity index is 336. The summed E-state index contributed by atoms with van der Waals surface area (Å²) >= 11 is 0. The average Bonchev–Trinajstić information content (AvgIpc) is 2.37. The fourth-order valence-corrected chi connectivity index (χ4v) is 2.31. The first kappa shape index (κ1) is 15.7. The van der Waals surface area contributed by atoms with Crippen LogP contribution in [0.4, 0.5) is 0 Å². The highest BCUT2D eigenvalue weighted by molar-refractivity contribution is 5.78. The molecule has 1 rings (SSSR count). The Hall–Kier alpha value is -1.32. The van der Waals surface area contributed by atoms with Crippen LogP contribution >= 0.6 is 0 Å². The standard InChI is InChI=1S/C15H25NO3/c1-12(7-8-15(18)19)9-10-16-14(17)11-13-5-3-2-4-6-13/h5,12H,2-4,6-11H2,1H3,(H,16,17)(H,18,19). The number of nitrogens with one attached hydrogen (secondary N) is 1. The first-order valence-corrected chi connectivity index (χ1v) is 7.24. The van der Waals surface area contributed by atoms with Crippen LogP contribution < -0.4 is 5.32 Å². The minimum absolute atomic E-state index is 0.0959. The lowest BCUT2D eigenvalue weighted by Crippen LogP contribution is -2.26. The largest absolute Gasteiger partial charge is 0.481 e. The number of rotatable bonds is 8. The Labute approximate surface area is 115 Å². The molecule has 0 aromatic rings. The highest BCUT2D eigenvalue weighted by Gasteiger charge is 2.10. The third-order valence-corrected chi connectivity index (χ3v) is 3.58. The van der Waals surface area contributed by atoms with Crippen LogP contribution in [0.5, 0.6) is 0 Å². The zero-order valence-corrected chi connectivity index (χ0v) is 11.8. The number of carboxylic acids is 1. The van der Waals surface area contributed by atoms with Crippen molar-refractivity contribution < 1.29 is 14.7 Å². The van der Waals surface area contributed by atoms with E-state index in [9.17, 15) is 9.59 Å². The van der Waals surface area contributed by atoms with Crippen molar-refractivity contribution in [2.24, 2.45) is 5.92 Å². The van der Waals surface area contributed by atoms with E-state index in [1.54, 1.807) is 0 Å². The van der Waals surface area contributed by atoms with Gasteiger partial charge in [0.25, 0.3) is 0 Å². The molecule has 19 heavy (non-hydrogen) atoms. The first-order chi connectivity index (χ1) is 9.08. The zero-order chi connectivity index (χ0) is 14.1. The van der Waals surface area contributed by atoms with Crippen molar-refractivity contribution in [2.75, 3.05) is 6.54 Å². The highest BCUT2D eigenvalue weighted by Crippen LogP contribution is 2.19.